The fourth-order valence-corrected chi connectivity index (χ4v) is 2.48. The highest BCUT2D eigenvalue weighted by molar-refractivity contribution is 6.42. The number of fused-ring (bicyclic) bond motifs is 1. The molecule has 104 valence electrons. The predicted molar refractivity (Wildman–Crippen MR) is 86.2 cm³/mol. The molecule has 0 aliphatic rings. The van der Waals surface area contributed by atoms with Crippen molar-refractivity contribution in [2.75, 3.05) is 0 Å². The molecule has 0 N–H and O–H groups in total. The molecule has 0 saturated heterocycles. The van der Waals surface area contributed by atoms with Crippen LogP contribution in [-0.4, -0.2) is 10.8 Å². The minimum absolute atomic E-state index is 0.00615. The van der Waals surface area contributed by atoms with Gasteiger partial charge in [0.15, 0.2) is 5.78 Å². The standard InChI is InChI=1S/C17H11Cl2NO/c18-14-6-5-11(7-15(14)19)8-17(21)13-9-12-3-1-2-4-16(12)20-10-13/h1-7,9-10H,8H2. The molecule has 0 aliphatic carbocycles. The summed E-state index contributed by atoms with van der Waals surface area (Å²) in [5.41, 5.74) is 2.31. The van der Waals surface area contributed by atoms with Crippen LogP contribution in [0.5, 0.6) is 0 Å². The fraction of sp³-hybridized carbons (Fsp3) is 0.0588. The highest BCUT2D eigenvalue weighted by Crippen LogP contribution is 2.23. The van der Waals surface area contributed by atoms with Crippen molar-refractivity contribution in [3.05, 3.63) is 75.9 Å². The second-order valence-electron chi connectivity index (χ2n) is 4.77. The average Bonchev–Trinajstić information content (AvgIpc) is 2.50. The van der Waals surface area contributed by atoms with Crippen LogP contribution in [0.4, 0.5) is 0 Å². The van der Waals surface area contributed by atoms with Crippen molar-refractivity contribution in [2.45, 2.75) is 6.42 Å². The van der Waals surface area contributed by atoms with Crippen molar-refractivity contribution in [2.24, 2.45) is 0 Å². The maximum Gasteiger partial charge on any atom is 0.168 e. The van der Waals surface area contributed by atoms with Gasteiger partial charge in [0.05, 0.1) is 15.6 Å². The molecule has 21 heavy (non-hydrogen) atoms. The van der Waals surface area contributed by atoms with Crippen LogP contribution in [0.1, 0.15) is 15.9 Å². The molecular formula is C17H11Cl2NO. The van der Waals surface area contributed by atoms with Crippen molar-refractivity contribution < 1.29 is 4.79 Å². The van der Waals surface area contributed by atoms with Crippen molar-refractivity contribution in [3.63, 3.8) is 0 Å². The van der Waals surface area contributed by atoms with E-state index in [1.807, 2.05) is 30.3 Å². The van der Waals surface area contributed by atoms with E-state index in [0.29, 0.717) is 15.6 Å². The Bertz CT molecular complexity index is 830. The second kappa shape index (κ2) is 5.84. The zero-order valence-electron chi connectivity index (χ0n) is 11.0. The lowest BCUT2D eigenvalue weighted by Crippen LogP contribution is -2.04. The number of ketones is 1. The van der Waals surface area contributed by atoms with Gasteiger partial charge >= 0.3 is 0 Å². The molecule has 2 aromatic carbocycles. The van der Waals surface area contributed by atoms with E-state index in [2.05, 4.69) is 4.98 Å². The summed E-state index contributed by atoms with van der Waals surface area (Å²) < 4.78 is 0. The smallest absolute Gasteiger partial charge is 0.168 e. The van der Waals surface area contributed by atoms with Crippen LogP contribution in [-0.2, 0) is 6.42 Å². The van der Waals surface area contributed by atoms with E-state index in [0.717, 1.165) is 16.5 Å². The van der Waals surface area contributed by atoms with Crippen molar-refractivity contribution in [3.8, 4) is 0 Å². The Morgan fingerprint density at radius 1 is 1.00 bits per heavy atom. The Labute approximate surface area is 132 Å². The highest BCUT2D eigenvalue weighted by atomic mass is 35.5. The van der Waals surface area contributed by atoms with Crippen molar-refractivity contribution >= 4 is 39.9 Å². The molecule has 0 spiro atoms. The lowest BCUT2D eigenvalue weighted by molar-refractivity contribution is 0.0993. The lowest BCUT2D eigenvalue weighted by Gasteiger charge is -2.04. The maximum absolute atomic E-state index is 12.3. The fourth-order valence-electron chi connectivity index (χ4n) is 2.16. The Morgan fingerprint density at radius 3 is 2.62 bits per heavy atom. The number of Topliss-reactive ketones (excluding diaryl/α,β-unsaturated/α-hetero) is 1. The van der Waals surface area contributed by atoms with Gasteiger partial charge in [0.25, 0.3) is 0 Å². The minimum Gasteiger partial charge on any atom is -0.294 e. The monoisotopic (exact) mass is 315 g/mol. The van der Waals surface area contributed by atoms with Crippen LogP contribution in [0, 0.1) is 0 Å². The quantitative estimate of drug-likeness (QED) is 0.639. The third-order valence-corrected chi connectivity index (χ3v) is 4.00. The van der Waals surface area contributed by atoms with E-state index in [1.165, 1.54) is 0 Å². The van der Waals surface area contributed by atoms with E-state index in [-0.39, 0.29) is 12.2 Å². The van der Waals surface area contributed by atoms with Gasteiger partial charge in [-0.15, -0.1) is 0 Å². The lowest BCUT2D eigenvalue weighted by atomic mass is 10.0. The van der Waals surface area contributed by atoms with E-state index in [4.69, 9.17) is 23.2 Å². The van der Waals surface area contributed by atoms with Gasteiger partial charge < -0.3 is 0 Å². The van der Waals surface area contributed by atoms with E-state index < -0.39 is 0 Å². The number of carbonyl (C=O) groups is 1. The van der Waals surface area contributed by atoms with Gasteiger partial charge in [-0.05, 0) is 29.8 Å². The summed E-state index contributed by atoms with van der Waals surface area (Å²) in [6.07, 6.45) is 1.89. The molecular weight excluding hydrogens is 305 g/mol. The normalized spacial score (nSPS) is 10.8. The topological polar surface area (TPSA) is 30.0 Å². The number of carbonyl (C=O) groups excluding carboxylic acids is 1. The number of halogens is 2. The third kappa shape index (κ3) is 3.07. The number of rotatable bonds is 3. The molecule has 0 fully saturated rings. The molecule has 0 amide bonds. The van der Waals surface area contributed by atoms with Crippen LogP contribution < -0.4 is 0 Å². The van der Waals surface area contributed by atoms with Crippen LogP contribution in [0.15, 0.2) is 54.7 Å². The SMILES string of the molecule is O=C(Cc1ccc(Cl)c(Cl)c1)c1cnc2ccccc2c1. The summed E-state index contributed by atoms with van der Waals surface area (Å²) in [5.74, 6) is 0.00615. The molecule has 0 unspecified atom stereocenters. The summed E-state index contributed by atoms with van der Waals surface area (Å²) in [5, 5.41) is 1.90. The van der Waals surface area contributed by atoms with Gasteiger partial charge in [-0.25, -0.2) is 0 Å². The Hall–Kier alpha value is -1.90. The molecule has 1 heterocycles. The number of nitrogens with zero attached hydrogens (tertiary/aromatic N) is 1. The van der Waals surface area contributed by atoms with Gasteiger partial charge in [0.2, 0.25) is 0 Å². The number of pyridine rings is 1. The van der Waals surface area contributed by atoms with Gasteiger partial charge in [-0.1, -0.05) is 47.5 Å². The molecule has 0 atom stereocenters. The molecule has 0 aliphatic heterocycles. The predicted octanol–water partition coefficient (Wildman–Crippen LogP) is 4.97. The van der Waals surface area contributed by atoms with Gasteiger partial charge in [0, 0.05) is 23.6 Å². The number of hydrogen-bond donors (Lipinski definition) is 0. The van der Waals surface area contributed by atoms with Crippen LogP contribution in [0.2, 0.25) is 10.0 Å². The number of benzene rings is 2. The van der Waals surface area contributed by atoms with E-state index >= 15 is 0 Å². The Morgan fingerprint density at radius 2 is 1.81 bits per heavy atom. The molecule has 1 aromatic heterocycles. The third-order valence-electron chi connectivity index (χ3n) is 3.26. The second-order valence-corrected chi connectivity index (χ2v) is 5.58. The first-order valence-corrected chi connectivity index (χ1v) is 7.21. The summed E-state index contributed by atoms with van der Waals surface area (Å²) in [7, 11) is 0. The Balaban J connectivity index is 1.87. The molecule has 3 rings (SSSR count). The molecule has 3 aromatic rings. The van der Waals surface area contributed by atoms with Crippen LogP contribution >= 0.6 is 23.2 Å². The van der Waals surface area contributed by atoms with Crippen LogP contribution in [0.25, 0.3) is 10.9 Å². The molecule has 0 bridgehead atoms. The highest BCUT2D eigenvalue weighted by Gasteiger charge is 2.10. The van der Waals surface area contributed by atoms with Gasteiger partial charge in [-0.3, -0.25) is 9.78 Å². The minimum atomic E-state index is 0.00615. The number of para-hydroxylation sites is 1. The first-order chi connectivity index (χ1) is 10.1. The average molecular weight is 316 g/mol. The van der Waals surface area contributed by atoms with Crippen molar-refractivity contribution in [1.29, 1.82) is 0 Å². The van der Waals surface area contributed by atoms with Gasteiger partial charge in [0.1, 0.15) is 0 Å². The first-order valence-electron chi connectivity index (χ1n) is 6.45. The maximum atomic E-state index is 12.3. The summed E-state index contributed by atoms with van der Waals surface area (Å²) in [4.78, 5) is 16.6. The summed E-state index contributed by atoms with van der Waals surface area (Å²) >= 11 is 11.8. The first kappa shape index (κ1) is 14.1. The zero-order chi connectivity index (χ0) is 14.8. The van der Waals surface area contributed by atoms with E-state index in [9.17, 15) is 4.79 Å². The van der Waals surface area contributed by atoms with Gasteiger partial charge in [-0.2, -0.15) is 0 Å². The largest absolute Gasteiger partial charge is 0.294 e. The summed E-state index contributed by atoms with van der Waals surface area (Å²) in [6, 6.07) is 14.8. The Kier molecular flexibility index (Phi) is 3.91. The van der Waals surface area contributed by atoms with Crippen LogP contribution in [0.3, 0.4) is 0 Å². The van der Waals surface area contributed by atoms with Crippen molar-refractivity contribution in [1.82, 2.24) is 4.98 Å². The molecule has 2 nitrogen and oxygen atoms in total. The van der Waals surface area contributed by atoms with E-state index in [1.54, 1.807) is 24.4 Å². The molecule has 0 radical (unpaired) electrons. The summed E-state index contributed by atoms with van der Waals surface area (Å²) in [6.45, 7) is 0. The molecule has 4 heteroatoms. The zero-order valence-corrected chi connectivity index (χ0v) is 12.5. The number of hydrogen-bond acceptors (Lipinski definition) is 2. The number of aromatic nitrogens is 1. The molecule has 0 saturated carbocycles.